The molecule has 0 bridgehead atoms. The molecule has 0 spiro atoms. The Hall–Kier alpha value is -1.44. The second-order valence-corrected chi connectivity index (χ2v) is 7.04. The van der Waals surface area contributed by atoms with Crippen molar-refractivity contribution in [2.24, 2.45) is 0 Å². The minimum absolute atomic E-state index is 0.0315. The van der Waals surface area contributed by atoms with E-state index >= 15 is 0 Å². The van der Waals surface area contributed by atoms with Crippen molar-refractivity contribution in [3.63, 3.8) is 0 Å². The number of benzene rings is 1. The maximum absolute atomic E-state index is 12.1. The van der Waals surface area contributed by atoms with Crippen molar-refractivity contribution in [3.05, 3.63) is 29.8 Å². The molecule has 6 nitrogen and oxygen atoms in total. The summed E-state index contributed by atoms with van der Waals surface area (Å²) in [5, 5.41) is 6.11. The third-order valence-electron chi connectivity index (χ3n) is 3.40. The predicted molar refractivity (Wildman–Crippen MR) is 82.6 cm³/mol. The van der Waals surface area contributed by atoms with Crippen LogP contribution in [-0.2, 0) is 21.2 Å². The number of amides is 1. The second kappa shape index (κ2) is 7.02. The molecular formula is C14H21N3O3S. The second-order valence-electron chi connectivity index (χ2n) is 5.21. The summed E-state index contributed by atoms with van der Waals surface area (Å²) in [7, 11) is -3.14. The van der Waals surface area contributed by atoms with E-state index < -0.39 is 10.0 Å². The lowest BCUT2D eigenvalue weighted by atomic mass is 10.1. The highest BCUT2D eigenvalue weighted by atomic mass is 32.2. The number of para-hydroxylation sites is 1. The van der Waals surface area contributed by atoms with Crippen LogP contribution in [0.2, 0.25) is 0 Å². The van der Waals surface area contributed by atoms with Crippen LogP contribution in [0.25, 0.3) is 0 Å². The van der Waals surface area contributed by atoms with Gasteiger partial charge in [0.05, 0.1) is 12.3 Å². The van der Waals surface area contributed by atoms with Crippen molar-refractivity contribution in [2.75, 3.05) is 24.7 Å². The molecule has 1 heterocycles. The summed E-state index contributed by atoms with van der Waals surface area (Å²) in [5.74, 6) is -0.0315. The van der Waals surface area contributed by atoms with Crippen molar-refractivity contribution < 1.29 is 13.2 Å². The predicted octanol–water partition coefficient (Wildman–Crippen LogP) is 0.469. The first-order valence-corrected chi connectivity index (χ1v) is 8.91. The van der Waals surface area contributed by atoms with Crippen molar-refractivity contribution in [1.82, 2.24) is 10.0 Å². The fourth-order valence-electron chi connectivity index (χ4n) is 2.33. The third kappa shape index (κ3) is 5.11. The highest BCUT2D eigenvalue weighted by molar-refractivity contribution is 7.88. The summed E-state index contributed by atoms with van der Waals surface area (Å²) >= 11 is 0. The van der Waals surface area contributed by atoms with Gasteiger partial charge < -0.3 is 10.6 Å². The van der Waals surface area contributed by atoms with Gasteiger partial charge in [0.1, 0.15) is 0 Å². The van der Waals surface area contributed by atoms with Crippen molar-refractivity contribution in [2.45, 2.75) is 25.3 Å². The fourth-order valence-corrected chi connectivity index (χ4v) is 2.84. The zero-order chi connectivity index (χ0) is 15.3. The number of aryl methyl sites for hydroxylation is 1. The summed E-state index contributed by atoms with van der Waals surface area (Å²) in [4.78, 5) is 12.1. The van der Waals surface area contributed by atoms with E-state index in [-0.39, 0.29) is 11.9 Å². The minimum atomic E-state index is -3.14. The first-order chi connectivity index (χ1) is 9.96. The van der Waals surface area contributed by atoms with Gasteiger partial charge in [-0.15, -0.1) is 0 Å². The molecule has 1 amide bonds. The summed E-state index contributed by atoms with van der Waals surface area (Å²) in [6, 6.07) is 7.56. The van der Waals surface area contributed by atoms with Gasteiger partial charge in [-0.2, -0.15) is 0 Å². The van der Waals surface area contributed by atoms with Crippen LogP contribution in [0.5, 0.6) is 0 Å². The number of fused-ring (bicyclic) bond motifs is 1. The average Bonchev–Trinajstić information content (AvgIpc) is 2.56. The van der Waals surface area contributed by atoms with Crippen LogP contribution >= 0.6 is 0 Å². The Morgan fingerprint density at radius 1 is 1.29 bits per heavy atom. The monoisotopic (exact) mass is 311 g/mol. The molecular weight excluding hydrogens is 290 g/mol. The van der Waals surface area contributed by atoms with E-state index in [1.54, 1.807) is 0 Å². The van der Waals surface area contributed by atoms with E-state index in [2.05, 4.69) is 15.4 Å². The van der Waals surface area contributed by atoms with Gasteiger partial charge in [-0.25, -0.2) is 13.1 Å². The molecule has 0 saturated heterocycles. The number of carbonyl (C=O) groups is 1. The Morgan fingerprint density at radius 3 is 2.81 bits per heavy atom. The van der Waals surface area contributed by atoms with Crippen molar-refractivity contribution >= 4 is 21.6 Å². The van der Waals surface area contributed by atoms with Gasteiger partial charge >= 0.3 is 0 Å². The van der Waals surface area contributed by atoms with Crippen molar-refractivity contribution in [3.8, 4) is 0 Å². The van der Waals surface area contributed by atoms with Crippen LogP contribution in [0, 0.1) is 0 Å². The number of rotatable bonds is 6. The standard InChI is InChI=1S/C14H21N3O3S/c1-21(19,20)16-10-4-9-15-13-8-7-11-5-2-3-6-12(11)17-14(13)18/h2-3,5-6,13,15-16H,4,7-10H2,1H3,(H,17,18). The molecule has 0 radical (unpaired) electrons. The molecule has 0 aliphatic carbocycles. The summed E-state index contributed by atoms with van der Waals surface area (Å²) in [6.07, 6.45) is 3.36. The summed E-state index contributed by atoms with van der Waals surface area (Å²) in [6.45, 7) is 0.970. The maximum atomic E-state index is 12.1. The summed E-state index contributed by atoms with van der Waals surface area (Å²) < 4.78 is 24.3. The minimum Gasteiger partial charge on any atom is -0.324 e. The molecule has 7 heteroatoms. The number of carbonyl (C=O) groups excluding carboxylic acids is 1. The Morgan fingerprint density at radius 2 is 2.05 bits per heavy atom. The molecule has 1 aliphatic rings. The van der Waals surface area contributed by atoms with Gasteiger partial charge in [0.2, 0.25) is 15.9 Å². The van der Waals surface area contributed by atoms with E-state index in [0.29, 0.717) is 19.5 Å². The first kappa shape index (κ1) is 15.9. The van der Waals surface area contributed by atoms with E-state index in [0.717, 1.165) is 30.3 Å². The average molecular weight is 311 g/mol. The van der Waals surface area contributed by atoms with E-state index in [1.165, 1.54) is 0 Å². The SMILES string of the molecule is CS(=O)(=O)NCCCNC1CCc2ccccc2NC1=O. The third-order valence-corrected chi connectivity index (χ3v) is 4.13. The molecule has 116 valence electrons. The Bertz CT molecular complexity index is 601. The molecule has 2 rings (SSSR count). The van der Waals surface area contributed by atoms with Gasteiger partial charge in [-0.1, -0.05) is 18.2 Å². The highest BCUT2D eigenvalue weighted by Crippen LogP contribution is 2.21. The van der Waals surface area contributed by atoms with Crippen LogP contribution in [0.15, 0.2) is 24.3 Å². The van der Waals surface area contributed by atoms with E-state index in [1.807, 2.05) is 24.3 Å². The number of hydrogen-bond acceptors (Lipinski definition) is 4. The molecule has 0 aromatic heterocycles. The zero-order valence-corrected chi connectivity index (χ0v) is 12.9. The molecule has 3 N–H and O–H groups in total. The molecule has 0 saturated carbocycles. The normalized spacial score (nSPS) is 18.7. The van der Waals surface area contributed by atoms with Crippen LogP contribution in [0.3, 0.4) is 0 Å². The van der Waals surface area contributed by atoms with E-state index in [9.17, 15) is 13.2 Å². The number of hydrogen-bond donors (Lipinski definition) is 3. The molecule has 0 fully saturated rings. The van der Waals surface area contributed by atoms with Gasteiger partial charge in [-0.05, 0) is 37.4 Å². The van der Waals surface area contributed by atoms with Gasteiger partial charge in [0.15, 0.2) is 0 Å². The molecule has 21 heavy (non-hydrogen) atoms. The molecule has 1 aliphatic heterocycles. The van der Waals surface area contributed by atoms with Crippen LogP contribution < -0.4 is 15.4 Å². The van der Waals surface area contributed by atoms with Crippen LogP contribution in [-0.4, -0.2) is 39.7 Å². The number of sulfonamides is 1. The maximum Gasteiger partial charge on any atom is 0.241 e. The topological polar surface area (TPSA) is 87.3 Å². The molecule has 1 aromatic rings. The van der Waals surface area contributed by atoms with Gasteiger partial charge in [-0.3, -0.25) is 4.79 Å². The van der Waals surface area contributed by atoms with Crippen LogP contribution in [0.4, 0.5) is 5.69 Å². The zero-order valence-electron chi connectivity index (χ0n) is 12.1. The summed E-state index contributed by atoms with van der Waals surface area (Å²) in [5.41, 5.74) is 2.03. The molecule has 1 unspecified atom stereocenters. The number of anilines is 1. The quantitative estimate of drug-likeness (QED) is 0.667. The smallest absolute Gasteiger partial charge is 0.241 e. The largest absolute Gasteiger partial charge is 0.324 e. The van der Waals surface area contributed by atoms with E-state index in [4.69, 9.17) is 0 Å². The highest BCUT2D eigenvalue weighted by Gasteiger charge is 2.22. The Balaban J connectivity index is 1.79. The lowest BCUT2D eigenvalue weighted by molar-refractivity contribution is -0.118. The fraction of sp³-hybridized carbons (Fsp3) is 0.500. The number of nitrogens with one attached hydrogen (secondary N) is 3. The van der Waals surface area contributed by atoms with Crippen LogP contribution in [0.1, 0.15) is 18.4 Å². The Labute approximate surface area is 125 Å². The van der Waals surface area contributed by atoms with Crippen molar-refractivity contribution in [1.29, 1.82) is 0 Å². The first-order valence-electron chi connectivity index (χ1n) is 7.02. The van der Waals surface area contributed by atoms with Gasteiger partial charge in [0, 0.05) is 12.2 Å². The lowest BCUT2D eigenvalue weighted by Gasteiger charge is -2.15. The lowest BCUT2D eigenvalue weighted by Crippen LogP contribution is -2.41. The van der Waals surface area contributed by atoms with Gasteiger partial charge in [0.25, 0.3) is 0 Å². The Kier molecular flexibility index (Phi) is 5.33. The molecule has 1 atom stereocenters. The molecule has 1 aromatic carbocycles.